The minimum Gasteiger partial charge on any atom is -0.309 e. The van der Waals surface area contributed by atoms with Gasteiger partial charge in [0.25, 0.3) is 0 Å². The Kier molecular flexibility index (Phi) is 2.27. The van der Waals surface area contributed by atoms with Gasteiger partial charge in [-0.1, -0.05) is 17.7 Å². The molecule has 0 amide bonds. The van der Waals surface area contributed by atoms with Crippen LogP contribution >= 0.6 is 0 Å². The highest BCUT2D eigenvalue weighted by molar-refractivity contribution is 5.85. The largest absolute Gasteiger partial charge is 0.309 e. The Balaban J connectivity index is 2.45. The number of hydrogen-bond acceptors (Lipinski definition) is 2. The van der Waals surface area contributed by atoms with Crippen molar-refractivity contribution in [3.8, 4) is 0 Å². The van der Waals surface area contributed by atoms with Gasteiger partial charge in [-0.25, -0.2) is 0 Å². The van der Waals surface area contributed by atoms with Crippen LogP contribution in [0.4, 0.5) is 0 Å². The van der Waals surface area contributed by atoms with Crippen LogP contribution in [0.1, 0.15) is 18.2 Å². The summed E-state index contributed by atoms with van der Waals surface area (Å²) in [6.07, 6.45) is 7.80. The van der Waals surface area contributed by atoms with Crippen LogP contribution in [0.25, 0.3) is 5.57 Å². The third-order valence-electron chi connectivity index (χ3n) is 2.43. The van der Waals surface area contributed by atoms with E-state index in [1.807, 2.05) is 18.3 Å². The maximum Gasteiger partial charge on any atom is 0.0522 e. The Morgan fingerprint density at radius 1 is 1.50 bits per heavy atom. The number of nitrogens with one attached hydrogen (secondary N) is 1. The van der Waals surface area contributed by atoms with Crippen molar-refractivity contribution < 1.29 is 0 Å². The van der Waals surface area contributed by atoms with E-state index >= 15 is 0 Å². The number of pyridine rings is 1. The number of fused-ring (bicyclic) bond motifs is 1. The number of nitrogens with zero attached hydrogens (tertiary/aromatic N) is 1. The van der Waals surface area contributed by atoms with Gasteiger partial charge in [0.1, 0.15) is 0 Å². The molecule has 0 radical (unpaired) electrons. The molecule has 2 rings (SSSR count). The SMILES string of the molecule is CC1=C(/C=C\C=N)c2cccnc2C1. The van der Waals surface area contributed by atoms with Crippen LogP contribution in [-0.4, -0.2) is 11.2 Å². The van der Waals surface area contributed by atoms with E-state index in [0.29, 0.717) is 0 Å². The summed E-state index contributed by atoms with van der Waals surface area (Å²) >= 11 is 0. The van der Waals surface area contributed by atoms with Crippen molar-refractivity contribution in [2.75, 3.05) is 0 Å². The van der Waals surface area contributed by atoms with Gasteiger partial charge in [-0.3, -0.25) is 4.98 Å². The second-order valence-electron chi connectivity index (χ2n) is 3.39. The summed E-state index contributed by atoms with van der Waals surface area (Å²) in [7, 11) is 0. The Hall–Kier alpha value is -1.70. The Labute approximate surface area is 83.5 Å². The first-order chi connectivity index (χ1) is 6.83. The van der Waals surface area contributed by atoms with Gasteiger partial charge in [0, 0.05) is 24.4 Å². The van der Waals surface area contributed by atoms with Crippen LogP contribution < -0.4 is 0 Å². The molecule has 0 atom stereocenters. The van der Waals surface area contributed by atoms with E-state index in [1.165, 1.54) is 22.9 Å². The first-order valence-electron chi connectivity index (χ1n) is 4.64. The molecule has 1 aliphatic rings. The van der Waals surface area contributed by atoms with Gasteiger partial charge >= 0.3 is 0 Å². The third kappa shape index (κ3) is 1.39. The molecule has 0 aliphatic heterocycles. The normalized spacial score (nSPS) is 14.9. The summed E-state index contributed by atoms with van der Waals surface area (Å²) < 4.78 is 0. The fraction of sp³-hybridized carbons (Fsp3) is 0.167. The van der Waals surface area contributed by atoms with Crippen LogP contribution in [0.2, 0.25) is 0 Å². The zero-order valence-electron chi connectivity index (χ0n) is 8.12. The number of aromatic nitrogens is 1. The van der Waals surface area contributed by atoms with Crippen molar-refractivity contribution in [3.63, 3.8) is 0 Å². The summed E-state index contributed by atoms with van der Waals surface area (Å²) in [6, 6.07) is 4.04. The Bertz CT molecular complexity index is 428. The van der Waals surface area contributed by atoms with Gasteiger partial charge in [0.15, 0.2) is 0 Å². The highest BCUT2D eigenvalue weighted by Gasteiger charge is 2.16. The van der Waals surface area contributed by atoms with Crippen LogP contribution in [0.3, 0.4) is 0 Å². The van der Waals surface area contributed by atoms with E-state index in [1.54, 1.807) is 6.08 Å². The third-order valence-corrected chi connectivity index (χ3v) is 2.43. The topological polar surface area (TPSA) is 36.7 Å². The molecular formula is C12H12N2. The second-order valence-corrected chi connectivity index (χ2v) is 3.39. The molecule has 0 fully saturated rings. The summed E-state index contributed by atoms with van der Waals surface area (Å²) in [5.41, 5.74) is 4.91. The second kappa shape index (κ2) is 3.58. The molecule has 0 spiro atoms. The zero-order valence-corrected chi connectivity index (χ0v) is 8.12. The van der Waals surface area contributed by atoms with Gasteiger partial charge in [0.05, 0.1) is 5.69 Å². The molecule has 0 bridgehead atoms. The van der Waals surface area contributed by atoms with Gasteiger partial charge in [-0.15, -0.1) is 0 Å². The summed E-state index contributed by atoms with van der Waals surface area (Å²) in [6.45, 7) is 2.12. The van der Waals surface area contributed by atoms with Crippen LogP contribution in [-0.2, 0) is 6.42 Å². The summed E-state index contributed by atoms with van der Waals surface area (Å²) in [5.74, 6) is 0. The summed E-state index contributed by atoms with van der Waals surface area (Å²) in [5, 5.41) is 6.97. The molecule has 2 nitrogen and oxygen atoms in total. The minimum atomic E-state index is 0.938. The molecule has 0 aromatic carbocycles. The lowest BCUT2D eigenvalue weighted by atomic mass is 10.1. The fourth-order valence-electron chi connectivity index (χ4n) is 1.78. The average molecular weight is 184 g/mol. The smallest absolute Gasteiger partial charge is 0.0522 e. The van der Waals surface area contributed by atoms with Crippen molar-refractivity contribution in [1.82, 2.24) is 4.98 Å². The van der Waals surface area contributed by atoms with Crippen molar-refractivity contribution in [3.05, 3.63) is 47.3 Å². The van der Waals surface area contributed by atoms with Gasteiger partial charge in [-0.05, 0) is 24.6 Å². The van der Waals surface area contributed by atoms with E-state index in [2.05, 4.69) is 18.0 Å². The highest BCUT2D eigenvalue weighted by Crippen LogP contribution is 2.31. The lowest BCUT2D eigenvalue weighted by Gasteiger charge is -1.98. The molecular weight excluding hydrogens is 172 g/mol. The predicted octanol–water partition coefficient (Wildman–Crippen LogP) is 2.62. The van der Waals surface area contributed by atoms with E-state index in [0.717, 1.165) is 12.1 Å². The van der Waals surface area contributed by atoms with Crippen LogP contribution in [0.5, 0.6) is 0 Å². The molecule has 70 valence electrons. The number of allylic oxidation sites excluding steroid dienone is 4. The van der Waals surface area contributed by atoms with E-state index in [4.69, 9.17) is 5.41 Å². The molecule has 14 heavy (non-hydrogen) atoms. The van der Waals surface area contributed by atoms with E-state index in [-0.39, 0.29) is 0 Å². The van der Waals surface area contributed by atoms with Crippen molar-refractivity contribution in [1.29, 1.82) is 5.41 Å². The van der Waals surface area contributed by atoms with E-state index in [9.17, 15) is 0 Å². The molecule has 0 saturated heterocycles. The molecule has 0 unspecified atom stereocenters. The van der Waals surface area contributed by atoms with Crippen LogP contribution in [0.15, 0.2) is 36.1 Å². The molecule has 1 N–H and O–H groups in total. The lowest BCUT2D eigenvalue weighted by Crippen LogP contribution is -1.86. The molecule has 1 heterocycles. The Morgan fingerprint density at radius 3 is 3.14 bits per heavy atom. The fourth-order valence-corrected chi connectivity index (χ4v) is 1.78. The molecule has 2 heteroatoms. The van der Waals surface area contributed by atoms with Crippen molar-refractivity contribution in [2.45, 2.75) is 13.3 Å². The van der Waals surface area contributed by atoms with Crippen LogP contribution in [0, 0.1) is 5.41 Å². The lowest BCUT2D eigenvalue weighted by molar-refractivity contribution is 1.08. The molecule has 1 aliphatic carbocycles. The molecule has 1 aromatic rings. The molecule has 1 aromatic heterocycles. The molecule has 0 saturated carbocycles. The van der Waals surface area contributed by atoms with Crippen molar-refractivity contribution >= 4 is 11.8 Å². The minimum absolute atomic E-state index is 0.938. The summed E-state index contributed by atoms with van der Waals surface area (Å²) in [4.78, 5) is 4.34. The van der Waals surface area contributed by atoms with Gasteiger partial charge in [-0.2, -0.15) is 0 Å². The first kappa shape index (κ1) is 8.88. The maximum atomic E-state index is 6.97. The van der Waals surface area contributed by atoms with Gasteiger partial charge < -0.3 is 5.41 Å². The average Bonchev–Trinajstić information content (AvgIpc) is 2.51. The van der Waals surface area contributed by atoms with E-state index < -0.39 is 0 Å². The number of rotatable bonds is 2. The maximum absolute atomic E-state index is 6.97. The monoisotopic (exact) mass is 184 g/mol. The quantitative estimate of drug-likeness (QED) is 0.705. The Morgan fingerprint density at radius 2 is 2.36 bits per heavy atom. The highest BCUT2D eigenvalue weighted by atomic mass is 14.7. The number of hydrogen-bond donors (Lipinski definition) is 1. The standard InChI is InChI=1S/C12H12N2/c1-9-8-12-11(5-3-7-14-12)10(9)4-2-6-13/h2-7,13H,8H2,1H3/b4-2-,13-6?. The first-order valence-corrected chi connectivity index (χ1v) is 4.64. The zero-order chi connectivity index (χ0) is 9.97. The van der Waals surface area contributed by atoms with Crippen molar-refractivity contribution in [2.24, 2.45) is 0 Å². The van der Waals surface area contributed by atoms with Gasteiger partial charge in [0.2, 0.25) is 0 Å². The predicted molar refractivity (Wildman–Crippen MR) is 58.5 cm³/mol.